The summed E-state index contributed by atoms with van der Waals surface area (Å²) < 4.78 is 11.7. The first kappa shape index (κ1) is 17.2. The Kier molecular flexibility index (Phi) is 5.85. The summed E-state index contributed by atoms with van der Waals surface area (Å²) in [6.07, 6.45) is 1.72. The van der Waals surface area contributed by atoms with Gasteiger partial charge in [0.2, 0.25) is 0 Å². The molecule has 0 unspecified atom stereocenters. The summed E-state index contributed by atoms with van der Waals surface area (Å²) in [5.74, 6) is 1.28. The fourth-order valence-corrected chi connectivity index (χ4v) is 3.38. The van der Waals surface area contributed by atoms with Crippen molar-refractivity contribution < 1.29 is 14.3 Å². The monoisotopic (exact) mass is 356 g/mol. The zero-order valence-electron chi connectivity index (χ0n) is 14.0. The molecular weight excluding hydrogens is 336 g/mol. The first-order chi connectivity index (χ1) is 12.2. The molecule has 1 heterocycles. The van der Waals surface area contributed by atoms with E-state index < -0.39 is 0 Å². The van der Waals surface area contributed by atoms with Gasteiger partial charge in [-0.25, -0.2) is 4.98 Å². The summed E-state index contributed by atoms with van der Waals surface area (Å²) in [5, 5.41) is 3.97. The van der Waals surface area contributed by atoms with E-state index in [0.717, 1.165) is 29.1 Å². The molecule has 2 aromatic carbocycles. The standard InChI is InChI=1S/C19H20N2O3S/c1-23-14-8-10-15(11-9-14)24-13-18(22)20-12-4-7-19-21-16-5-2-3-6-17(16)25-19/h2-3,5-6,8-11H,4,7,12-13H2,1H3,(H,20,22). The van der Waals surface area contributed by atoms with Crippen molar-refractivity contribution in [2.75, 3.05) is 20.3 Å². The smallest absolute Gasteiger partial charge is 0.257 e. The number of hydrogen-bond donors (Lipinski definition) is 1. The number of nitrogens with zero attached hydrogens (tertiary/aromatic N) is 1. The molecule has 5 nitrogen and oxygen atoms in total. The number of thiazole rings is 1. The maximum absolute atomic E-state index is 11.8. The normalized spacial score (nSPS) is 10.6. The number of para-hydroxylation sites is 1. The van der Waals surface area contributed by atoms with E-state index in [1.54, 1.807) is 42.7 Å². The van der Waals surface area contributed by atoms with Gasteiger partial charge >= 0.3 is 0 Å². The molecule has 0 aliphatic heterocycles. The molecule has 0 bridgehead atoms. The largest absolute Gasteiger partial charge is 0.497 e. The molecule has 0 saturated carbocycles. The Morgan fingerprint density at radius 2 is 1.88 bits per heavy atom. The second-order valence-corrected chi connectivity index (χ2v) is 6.61. The van der Waals surface area contributed by atoms with Crippen molar-refractivity contribution >= 4 is 27.5 Å². The molecule has 0 spiro atoms. The van der Waals surface area contributed by atoms with Crippen LogP contribution in [-0.2, 0) is 11.2 Å². The van der Waals surface area contributed by atoms with Crippen LogP contribution in [0.1, 0.15) is 11.4 Å². The van der Waals surface area contributed by atoms with Gasteiger partial charge in [0.1, 0.15) is 11.5 Å². The summed E-state index contributed by atoms with van der Waals surface area (Å²) in [7, 11) is 1.61. The van der Waals surface area contributed by atoms with E-state index in [0.29, 0.717) is 12.3 Å². The Hall–Kier alpha value is -2.60. The van der Waals surface area contributed by atoms with Gasteiger partial charge in [-0.15, -0.1) is 11.3 Å². The van der Waals surface area contributed by atoms with Crippen molar-refractivity contribution in [2.45, 2.75) is 12.8 Å². The van der Waals surface area contributed by atoms with Crippen LogP contribution >= 0.6 is 11.3 Å². The molecule has 25 heavy (non-hydrogen) atoms. The molecule has 6 heteroatoms. The molecule has 0 fully saturated rings. The fraction of sp³-hybridized carbons (Fsp3) is 0.263. The summed E-state index contributed by atoms with van der Waals surface area (Å²) in [6.45, 7) is 0.619. The Morgan fingerprint density at radius 3 is 2.64 bits per heavy atom. The van der Waals surface area contributed by atoms with Crippen molar-refractivity contribution in [3.63, 3.8) is 0 Å². The van der Waals surface area contributed by atoms with Crippen LogP contribution in [0.4, 0.5) is 0 Å². The Morgan fingerprint density at radius 1 is 1.12 bits per heavy atom. The molecular formula is C19H20N2O3S. The van der Waals surface area contributed by atoms with Crippen LogP contribution in [-0.4, -0.2) is 31.2 Å². The minimum absolute atomic E-state index is 0.00741. The van der Waals surface area contributed by atoms with Gasteiger partial charge in [-0.2, -0.15) is 0 Å². The van der Waals surface area contributed by atoms with Crippen molar-refractivity contribution in [3.05, 3.63) is 53.5 Å². The van der Waals surface area contributed by atoms with Gasteiger partial charge in [-0.1, -0.05) is 12.1 Å². The van der Waals surface area contributed by atoms with Crippen molar-refractivity contribution in [1.29, 1.82) is 0 Å². The third kappa shape index (κ3) is 4.93. The van der Waals surface area contributed by atoms with E-state index in [-0.39, 0.29) is 12.5 Å². The number of hydrogen-bond acceptors (Lipinski definition) is 5. The molecule has 0 radical (unpaired) electrons. The lowest BCUT2D eigenvalue weighted by Gasteiger charge is -2.07. The minimum Gasteiger partial charge on any atom is -0.497 e. The number of carbonyl (C=O) groups is 1. The first-order valence-corrected chi connectivity index (χ1v) is 8.94. The van der Waals surface area contributed by atoms with Crippen LogP contribution in [0.15, 0.2) is 48.5 Å². The first-order valence-electron chi connectivity index (χ1n) is 8.12. The van der Waals surface area contributed by atoms with Crippen LogP contribution < -0.4 is 14.8 Å². The molecule has 130 valence electrons. The molecule has 3 rings (SSSR count). The number of carbonyl (C=O) groups excluding carboxylic acids is 1. The van der Waals surface area contributed by atoms with Gasteiger partial charge in [0.15, 0.2) is 6.61 Å². The number of methoxy groups -OCH3 is 1. The lowest BCUT2D eigenvalue weighted by Crippen LogP contribution is -2.29. The van der Waals surface area contributed by atoms with E-state index in [4.69, 9.17) is 9.47 Å². The molecule has 0 atom stereocenters. The molecule has 1 N–H and O–H groups in total. The van der Waals surface area contributed by atoms with Crippen molar-refractivity contribution in [3.8, 4) is 11.5 Å². The average molecular weight is 356 g/mol. The fourth-order valence-electron chi connectivity index (χ4n) is 2.37. The second-order valence-electron chi connectivity index (χ2n) is 5.49. The van der Waals surface area contributed by atoms with Gasteiger partial charge in [0.05, 0.1) is 22.3 Å². The van der Waals surface area contributed by atoms with E-state index in [2.05, 4.69) is 16.4 Å². The van der Waals surface area contributed by atoms with E-state index in [1.807, 2.05) is 18.2 Å². The van der Waals surface area contributed by atoms with Crippen LogP contribution in [0, 0.1) is 0 Å². The molecule has 0 saturated heterocycles. The maximum Gasteiger partial charge on any atom is 0.257 e. The highest BCUT2D eigenvalue weighted by molar-refractivity contribution is 7.18. The number of aryl methyl sites for hydroxylation is 1. The van der Waals surface area contributed by atoms with Crippen LogP contribution in [0.2, 0.25) is 0 Å². The summed E-state index contributed by atoms with van der Waals surface area (Å²) in [4.78, 5) is 16.4. The zero-order chi connectivity index (χ0) is 17.5. The van der Waals surface area contributed by atoms with Crippen molar-refractivity contribution in [2.24, 2.45) is 0 Å². The van der Waals surface area contributed by atoms with Gasteiger partial charge in [-0.05, 0) is 42.8 Å². The minimum atomic E-state index is -0.125. The number of aromatic nitrogens is 1. The van der Waals surface area contributed by atoms with Gasteiger partial charge in [-0.3, -0.25) is 4.79 Å². The van der Waals surface area contributed by atoms with Gasteiger partial charge in [0, 0.05) is 13.0 Å². The number of benzene rings is 2. The summed E-state index contributed by atoms with van der Waals surface area (Å²) >= 11 is 1.71. The summed E-state index contributed by atoms with van der Waals surface area (Å²) in [5.41, 5.74) is 1.04. The Balaban J connectivity index is 1.36. The third-order valence-electron chi connectivity index (χ3n) is 3.66. The highest BCUT2D eigenvalue weighted by atomic mass is 32.1. The highest BCUT2D eigenvalue weighted by Crippen LogP contribution is 2.22. The topological polar surface area (TPSA) is 60.5 Å². The van der Waals surface area contributed by atoms with Crippen LogP contribution in [0.3, 0.4) is 0 Å². The number of fused-ring (bicyclic) bond motifs is 1. The maximum atomic E-state index is 11.8. The number of ether oxygens (including phenoxy) is 2. The lowest BCUT2D eigenvalue weighted by molar-refractivity contribution is -0.123. The second kappa shape index (κ2) is 8.48. The Bertz CT molecular complexity index is 797. The van der Waals surface area contributed by atoms with E-state index in [9.17, 15) is 4.79 Å². The molecule has 3 aromatic rings. The molecule has 1 amide bonds. The third-order valence-corrected chi connectivity index (χ3v) is 4.75. The quantitative estimate of drug-likeness (QED) is 0.628. The van der Waals surface area contributed by atoms with Gasteiger partial charge < -0.3 is 14.8 Å². The zero-order valence-corrected chi connectivity index (χ0v) is 14.8. The molecule has 0 aliphatic carbocycles. The van der Waals surface area contributed by atoms with E-state index in [1.165, 1.54) is 4.70 Å². The lowest BCUT2D eigenvalue weighted by atomic mass is 10.3. The Labute approximate surface area is 150 Å². The SMILES string of the molecule is COc1ccc(OCC(=O)NCCCc2nc3ccccc3s2)cc1. The van der Waals surface area contributed by atoms with E-state index >= 15 is 0 Å². The van der Waals surface area contributed by atoms with Crippen LogP contribution in [0.5, 0.6) is 11.5 Å². The summed E-state index contributed by atoms with van der Waals surface area (Å²) in [6, 6.07) is 15.3. The number of nitrogens with one attached hydrogen (secondary N) is 1. The van der Waals surface area contributed by atoms with Crippen LogP contribution in [0.25, 0.3) is 10.2 Å². The van der Waals surface area contributed by atoms with Crippen molar-refractivity contribution in [1.82, 2.24) is 10.3 Å². The number of rotatable bonds is 8. The average Bonchev–Trinajstić information content (AvgIpc) is 3.07. The highest BCUT2D eigenvalue weighted by Gasteiger charge is 2.05. The molecule has 1 aromatic heterocycles. The molecule has 0 aliphatic rings. The predicted octanol–water partition coefficient (Wildman–Crippen LogP) is 3.43. The predicted molar refractivity (Wildman–Crippen MR) is 99.4 cm³/mol. The number of amides is 1. The van der Waals surface area contributed by atoms with Gasteiger partial charge in [0.25, 0.3) is 5.91 Å².